The quantitative estimate of drug-likeness (QED) is 0.627. The van der Waals surface area contributed by atoms with Gasteiger partial charge in [-0.1, -0.05) is 0 Å². The molecule has 1 aromatic heterocycles. The molecule has 5 nitrogen and oxygen atoms in total. The molecule has 72 valence electrons. The fraction of sp³-hybridized carbons (Fsp3) is 0.750. The summed E-state index contributed by atoms with van der Waals surface area (Å²) >= 11 is 0. The molecule has 1 saturated heterocycles. The molecule has 2 heterocycles. The van der Waals surface area contributed by atoms with E-state index in [0.717, 1.165) is 38.5 Å². The Kier molecular flexibility index (Phi) is 2.56. The van der Waals surface area contributed by atoms with Gasteiger partial charge in [0.15, 0.2) is 0 Å². The summed E-state index contributed by atoms with van der Waals surface area (Å²) in [4.78, 5) is 3.92. The highest BCUT2D eigenvalue weighted by molar-refractivity contribution is 4.91. The van der Waals surface area contributed by atoms with Gasteiger partial charge in [-0.05, 0) is 0 Å². The first-order chi connectivity index (χ1) is 6.34. The lowest BCUT2D eigenvalue weighted by Crippen LogP contribution is -2.35. The standard InChI is InChI=1S/C8H14N4O/c1-11-9-6-8(10-11)7-12-2-4-13-5-3-12/h6H,2-5,7H2,1H3. The van der Waals surface area contributed by atoms with Crippen LogP contribution in [0.3, 0.4) is 0 Å². The minimum atomic E-state index is 0.834. The third-order valence-electron chi connectivity index (χ3n) is 2.14. The summed E-state index contributed by atoms with van der Waals surface area (Å²) in [6.07, 6.45) is 1.81. The second-order valence-corrected chi connectivity index (χ2v) is 3.21. The monoisotopic (exact) mass is 182 g/mol. The molecular formula is C8H14N4O. The van der Waals surface area contributed by atoms with Gasteiger partial charge in [-0.15, -0.1) is 0 Å². The average molecular weight is 182 g/mol. The second-order valence-electron chi connectivity index (χ2n) is 3.21. The average Bonchev–Trinajstić information content (AvgIpc) is 2.53. The van der Waals surface area contributed by atoms with E-state index in [-0.39, 0.29) is 0 Å². The largest absolute Gasteiger partial charge is 0.379 e. The molecule has 0 aliphatic carbocycles. The zero-order valence-electron chi connectivity index (χ0n) is 7.81. The Bertz CT molecular complexity index is 267. The van der Waals surface area contributed by atoms with Crippen LogP contribution in [0.1, 0.15) is 5.69 Å². The Balaban J connectivity index is 1.89. The molecule has 0 aromatic carbocycles. The van der Waals surface area contributed by atoms with Gasteiger partial charge in [-0.2, -0.15) is 15.0 Å². The van der Waals surface area contributed by atoms with Crippen LogP contribution in [-0.4, -0.2) is 46.2 Å². The molecule has 13 heavy (non-hydrogen) atoms. The van der Waals surface area contributed by atoms with Crippen molar-refractivity contribution in [2.45, 2.75) is 6.54 Å². The van der Waals surface area contributed by atoms with Crippen molar-refractivity contribution in [2.75, 3.05) is 26.3 Å². The summed E-state index contributed by atoms with van der Waals surface area (Å²) in [5.74, 6) is 0. The van der Waals surface area contributed by atoms with Crippen molar-refractivity contribution in [3.63, 3.8) is 0 Å². The smallest absolute Gasteiger partial charge is 0.0967 e. The van der Waals surface area contributed by atoms with E-state index < -0.39 is 0 Å². The molecule has 0 spiro atoms. The Morgan fingerprint density at radius 1 is 1.46 bits per heavy atom. The fourth-order valence-corrected chi connectivity index (χ4v) is 1.45. The van der Waals surface area contributed by atoms with Crippen LogP contribution in [0.5, 0.6) is 0 Å². The fourth-order valence-electron chi connectivity index (χ4n) is 1.45. The highest BCUT2D eigenvalue weighted by atomic mass is 16.5. The number of aryl methyl sites for hydroxylation is 1. The first-order valence-corrected chi connectivity index (χ1v) is 4.50. The van der Waals surface area contributed by atoms with Crippen molar-refractivity contribution < 1.29 is 4.74 Å². The third-order valence-corrected chi connectivity index (χ3v) is 2.14. The minimum absolute atomic E-state index is 0.834. The molecule has 0 unspecified atom stereocenters. The van der Waals surface area contributed by atoms with Gasteiger partial charge >= 0.3 is 0 Å². The van der Waals surface area contributed by atoms with Crippen LogP contribution in [0.2, 0.25) is 0 Å². The predicted octanol–water partition coefficient (Wildman–Crippen LogP) is -0.353. The predicted molar refractivity (Wildman–Crippen MR) is 47.1 cm³/mol. The van der Waals surface area contributed by atoms with E-state index in [1.54, 1.807) is 4.80 Å². The molecular weight excluding hydrogens is 168 g/mol. The molecule has 2 rings (SSSR count). The first-order valence-electron chi connectivity index (χ1n) is 4.50. The molecule has 0 N–H and O–H groups in total. The number of aromatic nitrogens is 3. The van der Waals surface area contributed by atoms with Crippen molar-refractivity contribution in [3.8, 4) is 0 Å². The number of hydrogen-bond acceptors (Lipinski definition) is 4. The maximum Gasteiger partial charge on any atom is 0.0967 e. The Morgan fingerprint density at radius 3 is 2.85 bits per heavy atom. The van der Waals surface area contributed by atoms with E-state index in [4.69, 9.17) is 4.74 Å². The number of morpholine rings is 1. The normalized spacial score (nSPS) is 19.2. The molecule has 1 aliphatic rings. The minimum Gasteiger partial charge on any atom is -0.379 e. The van der Waals surface area contributed by atoms with Gasteiger partial charge in [0.05, 0.1) is 25.1 Å². The molecule has 0 amide bonds. The number of rotatable bonds is 2. The lowest BCUT2D eigenvalue weighted by Gasteiger charge is -2.25. The van der Waals surface area contributed by atoms with Crippen LogP contribution in [0.4, 0.5) is 0 Å². The zero-order valence-corrected chi connectivity index (χ0v) is 7.81. The van der Waals surface area contributed by atoms with Gasteiger partial charge in [-0.25, -0.2) is 0 Å². The molecule has 0 saturated carbocycles. The van der Waals surface area contributed by atoms with Gasteiger partial charge in [-0.3, -0.25) is 4.90 Å². The van der Waals surface area contributed by atoms with Crippen LogP contribution in [0.15, 0.2) is 6.20 Å². The van der Waals surface area contributed by atoms with E-state index in [1.807, 2.05) is 13.2 Å². The molecule has 0 radical (unpaired) electrons. The highest BCUT2D eigenvalue weighted by Crippen LogP contribution is 2.02. The summed E-state index contributed by atoms with van der Waals surface area (Å²) in [7, 11) is 1.84. The van der Waals surface area contributed by atoms with Gasteiger partial charge in [0.1, 0.15) is 0 Å². The lowest BCUT2D eigenvalue weighted by atomic mass is 10.3. The topological polar surface area (TPSA) is 43.2 Å². The van der Waals surface area contributed by atoms with Crippen LogP contribution < -0.4 is 0 Å². The molecule has 1 aromatic rings. The number of nitrogens with zero attached hydrogens (tertiary/aromatic N) is 4. The van der Waals surface area contributed by atoms with Crippen LogP contribution in [0, 0.1) is 0 Å². The summed E-state index contributed by atoms with van der Waals surface area (Å²) in [6.45, 7) is 4.55. The van der Waals surface area contributed by atoms with Gasteiger partial charge in [0, 0.05) is 26.7 Å². The van der Waals surface area contributed by atoms with Crippen LogP contribution >= 0.6 is 0 Å². The summed E-state index contributed by atoms with van der Waals surface area (Å²) in [5.41, 5.74) is 1.03. The van der Waals surface area contributed by atoms with Crippen LogP contribution in [-0.2, 0) is 18.3 Å². The molecule has 1 aliphatic heterocycles. The Labute approximate surface area is 77.3 Å². The van der Waals surface area contributed by atoms with Crippen molar-refractivity contribution in [1.82, 2.24) is 19.9 Å². The van der Waals surface area contributed by atoms with E-state index in [2.05, 4.69) is 15.1 Å². The maximum absolute atomic E-state index is 5.26. The third kappa shape index (κ3) is 2.26. The van der Waals surface area contributed by atoms with Gasteiger partial charge in [0.25, 0.3) is 0 Å². The molecule has 0 bridgehead atoms. The Hall–Kier alpha value is -0.940. The van der Waals surface area contributed by atoms with Crippen molar-refractivity contribution in [1.29, 1.82) is 0 Å². The Morgan fingerprint density at radius 2 is 2.23 bits per heavy atom. The van der Waals surface area contributed by atoms with Crippen molar-refractivity contribution in [2.24, 2.45) is 7.05 Å². The lowest BCUT2D eigenvalue weighted by molar-refractivity contribution is 0.0336. The van der Waals surface area contributed by atoms with Gasteiger partial charge in [0.2, 0.25) is 0 Å². The first kappa shape index (κ1) is 8.65. The highest BCUT2D eigenvalue weighted by Gasteiger charge is 2.11. The van der Waals surface area contributed by atoms with Crippen molar-refractivity contribution in [3.05, 3.63) is 11.9 Å². The summed E-state index contributed by atoms with van der Waals surface area (Å²) in [5, 5.41) is 8.26. The zero-order chi connectivity index (χ0) is 9.10. The van der Waals surface area contributed by atoms with Crippen molar-refractivity contribution >= 4 is 0 Å². The summed E-state index contributed by atoms with van der Waals surface area (Å²) in [6, 6.07) is 0. The van der Waals surface area contributed by atoms with E-state index in [0.29, 0.717) is 0 Å². The molecule has 1 fully saturated rings. The second kappa shape index (κ2) is 3.85. The van der Waals surface area contributed by atoms with E-state index in [9.17, 15) is 0 Å². The number of ether oxygens (including phenoxy) is 1. The van der Waals surface area contributed by atoms with E-state index in [1.165, 1.54) is 0 Å². The van der Waals surface area contributed by atoms with Gasteiger partial charge < -0.3 is 4.74 Å². The van der Waals surface area contributed by atoms with Crippen LogP contribution in [0.25, 0.3) is 0 Å². The SMILES string of the molecule is Cn1ncc(CN2CCOCC2)n1. The molecule has 5 heteroatoms. The van der Waals surface area contributed by atoms with E-state index >= 15 is 0 Å². The maximum atomic E-state index is 5.26. The summed E-state index contributed by atoms with van der Waals surface area (Å²) < 4.78 is 5.26. The number of hydrogen-bond donors (Lipinski definition) is 0. The molecule has 0 atom stereocenters.